The number of rotatable bonds is 3. The molecule has 122 valence electrons. The number of H-pyrrole nitrogens is 1. The van der Waals surface area contributed by atoms with E-state index in [1.165, 1.54) is 0 Å². The van der Waals surface area contributed by atoms with E-state index < -0.39 is 0 Å². The van der Waals surface area contributed by atoms with Crippen molar-refractivity contribution in [3.8, 4) is 0 Å². The predicted octanol–water partition coefficient (Wildman–Crippen LogP) is 0.921. The summed E-state index contributed by atoms with van der Waals surface area (Å²) in [5.41, 5.74) is 0.903. The van der Waals surface area contributed by atoms with Crippen LogP contribution in [0.5, 0.6) is 0 Å². The Morgan fingerprint density at radius 3 is 2.59 bits per heavy atom. The maximum atomic E-state index is 11.6. The van der Waals surface area contributed by atoms with E-state index in [1.807, 2.05) is 6.92 Å². The first-order valence-corrected chi connectivity index (χ1v) is 8.16. The molecule has 0 atom stereocenters. The summed E-state index contributed by atoms with van der Waals surface area (Å²) in [5, 5.41) is 0. The number of aryl methyl sites for hydroxylation is 1. The molecule has 0 amide bonds. The maximum absolute atomic E-state index is 11.6. The molecule has 1 aromatic heterocycles. The summed E-state index contributed by atoms with van der Waals surface area (Å²) in [6, 6.07) is 1.65. The van der Waals surface area contributed by atoms with Gasteiger partial charge in [-0.15, -0.1) is 0 Å². The second kappa shape index (κ2) is 7.35. The second-order valence-electron chi connectivity index (χ2n) is 6.35. The third-order valence-corrected chi connectivity index (χ3v) is 4.48. The highest BCUT2D eigenvalue weighted by Gasteiger charge is 2.24. The van der Waals surface area contributed by atoms with Crippen LogP contribution in [0.1, 0.15) is 30.3 Å². The first-order chi connectivity index (χ1) is 10.7. The van der Waals surface area contributed by atoms with Crippen LogP contribution >= 0.6 is 0 Å². The van der Waals surface area contributed by atoms with Crippen LogP contribution in [0.2, 0.25) is 0 Å². The zero-order valence-corrected chi connectivity index (χ0v) is 13.2. The van der Waals surface area contributed by atoms with Gasteiger partial charge in [-0.3, -0.25) is 4.79 Å². The number of aromatic amines is 1. The molecule has 22 heavy (non-hydrogen) atoms. The average molecular weight is 307 g/mol. The Hall–Kier alpha value is -1.24. The van der Waals surface area contributed by atoms with Crippen molar-refractivity contribution in [1.29, 1.82) is 0 Å². The Morgan fingerprint density at radius 2 is 1.95 bits per heavy atom. The van der Waals surface area contributed by atoms with E-state index in [-0.39, 0.29) is 5.56 Å². The molecule has 1 N–H and O–H groups in total. The van der Waals surface area contributed by atoms with Crippen molar-refractivity contribution in [3.63, 3.8) is 0 Å². The molecule has 6 heteroatoms. The Labute approximate surface area is 130 Å². The van der Waals surface area contributed by atoms with Gasteiger partial charge in [0, 0.05) is 24.4 Å². The number of nitrogens with one attached hydrogen (secondary N) is 1. The van der Waals surface area contributed by atoms with Crippen LogP contribution in [0.3, 0.4) is 0 Å². The minimum Gasteiger partial charge on any atom is -0.379 e. The molecule has 0 aliphatic carbocycles. The Kier molecular flexibility index (Phi) is 5.23. The molecule has 3 heterocycles. The van der Waals surface area contributed by atoms with E-state index in [4.69, 9.17) is 9.47 Å². The lowest BCUT2D eigenvalue weighted by Crippen LogP contribution is -2.38. The van der Waals surface area contributed by atoms with Gasteiger partial charge >= 0.3 is 0 Å². The summed E-state index contributed by atoms with van der Waals surface area (Å²) >= 11 is 0. The SMILES string of the molecule is Cc1nc(C2CCN(CC3COCCOC3)CC2)cc(=O)[nH]1. The van der Waals surface area contributed by atoms with Gasteiger partial charge in [-0.2, -0.15) is 0 Å². The summed E-state index contributed by atoms with van der Waals surface area (Å²) < 4.78 is 11.1. The number of piperidine rings is 1. The van der Waals surface area contributed by atoms with Crippen LogP contribution in [0.25, 0.3) is 0 Å². The monoisotopic (exact) mass is 307 g/mol. The summed E-state index contributed by atoms with van der Waals surface area (Å²) in [5.74, 6) is 1.58. The van der Waals surface area contributed by atoms with Gasteiger partial charge in [0.15, 0.2) is 0 Å². The molecule has 0 unspecified atom stereocenters. The van der Waals surface area contributed by atoms with Gasteiger partial charge in [-0.05, 0) is 32.9 Å². The van der Waals surface area contributed by atoms with Crippen LogP contribution < -0.4 is 5.56 Å². The van der Waals surface area contributed by atoms with E-state index in [0.717, 1.165) is 51.4 Å². The minimum absolute atomic E-state index is 0.0438. The highest BCUT2D eigenvalue weighted by atomic mass is 16.5. The zero-order valence-electron chi connectivity index (χ0n) is 13.2. The van der Waals surface area contributed by atoms with E-state index in [1.54, 1.807) is 6.07 Å². The fraction of sp³-hybridized carbons (Fsp3) is 0.750. The summed E-state index contributed by atoms with van der Waals surface area (Å²) in [4.78, 5) is 21.3. The summed E-state index contributed by atoms with van der Waals surface area (Å²) in [6.07, 6.45) is 2.12. The molecular formula is C16H25N3O3. The number of hydrogen-bond donors (Lipinski definition) is 1. The number of nitrogens with zero attached hydrogens (tertiary/aromatic N) is 2. The smallest absolute Gasteiger partial charge is 0.251 e. The number of aromatic nitrogens is 2. The lowest BCUT2D eigenvalue weighted by molar-refractivity contribution is 0.0934. The highest BCUT2D eigenvalue weighted by Crippen LogP contribution is 2.26. The first-order valence-electron chi connectivity index (χ1n) is 8.16. The molecule has 0 bridgehead atoms. The molecule has 3 rings (SSSR count). The molecule has 6 nitrogen and oxygen atoms in total. The van der Waals surface area contributed by atoms with Crippen molar-refractivity contribution >= 4 is 0 Å². The third kappa shape index (κ3) is 4.15. The predicted molar refractivity (Wildman–Crippen MR) is 83.1 cm³/mol. The second-order valence-corrected chi connectivity index (χ2v) is 6.35. The van der Waals surface area contributed by atoms with Gasteiger partial charge in [0.25, 0.3) is 5.56 Å². The van der Waals surface area contributed by atoms with Gasteiger partial charge in [0.1, 0.15) is 5.82 Å². The number of likely N-dealkylation sites (tertiary alicyclic amines) is 1. The molecule has 1 aromatic rings. The molecule has 0 aromatic carbocycles. The average Bonchev–Trinajstić information content (AvgIpc) is 2.76. The van der Waals surface area contributed by atoms with E-state index >= 15 is 0 Å². The quantitative estimate of drug-likeness (QED) is 0.899. The number of hydrogen-bond acceptors (Lipinski definition) is 5. The Morgan fingerprint density at radius 1 is 1.27 bits per heavy atom. The van der Waals surface area contributed by atoms with E-state index in [0.29, 0.717) is 30.9 Å². The standard InChI is InChI=1S/C16H25N3O3/c1-12-17-15(8-16(20)18-12)14-2-4-19(5-3-14)9-13-10-21-6-7-22-11-13/h8,13-14H,2-7,9-11H2,1H3,(H,17,18,20). The zero-order chi connectivity index (χ0) is 15.4. The maximum Gasteiger partial charge on any atom is 0.251 e. The molecule has 2 aliphatic rings. The number of ether oxygens (including phenoxy) is 2. The van der Waals surface area contributed by atoms with Crippen molar-refractivity contribution in [2.45, 2.75) is 25.7 Å². The topological polar surface area (TPSA) is 67.5 Å². The van der Waals surface area contributed by atoms with Crippen LogP contribution in [-0.2, 0) is 9.47 Å². The van der Waals surface area contributed by atoms with Crippen molar-refractivity contribution in [2.24, 2.45) is 5.92 Å². The highest BCUT2D eigenvalue weighted by molar-refractivity contribution is 5.09. The molecule has 2 saturated heterocycles. The molecule has 0 radical (unpaired) electrons. The van der Waals surface area contributed by atoms with Gasteiger partial charge in [-0.1, -0.05) is 0 Å². The van der Waals surface area contributed by atoms with Gasteiger partial charge in [-0.25, -0.2) is 4.98 Å². The van der Waals surface area contributed by atoms with Crippen molar-refractivity contribution < 1.29 is 9.47 Å². The lowest BCUT2D eigenvalue weighted by Gasteiger charge is -2.33. The molecule has 2 fully saturated rings. The largest absolute Gasteiger partial charge is 0.379 e. The van der Waals surface area contributed by atoms with Crippen molar-refractivity contribution in [2.75, 3.05) is 46.1 Å². The van der Waals surface area contributed by atoms with Gasteiger partial charge in [0.05, 0.1) is 32.1 Å². The molecule has 0 saturated carbocycles. The van der Waals surface area contributed by atoms with Crippen LogP contribution in [0.4, 0.5) is 0 Å². The van der Waals surface area contributed by atoms with Crippen LogP contribution in [0.15, 0.2) is 10.9 Å². The minimum atomic E-state index is -0.0438. The van der Waals surface area contributed by atoms with Crippen LogP contribution in [-0.4, -0.2) is 60.9 Å². The molecule has 2 aliphatic heterocycles. The van der Waals surface area contributed by atoms with Crippen molar-refractivity contribution in [3.05, 3.63) is 27.9 Å². The van der Waals surface area contributed by atoms with E-state index in [9.17, 15) is 4.79 Å². The fourth-order valence-electron chi connectivity index (χ4n) is 3.36. The lowest BCUT2D eigenvalue weighted by atomic mass is 9.92. The Balaban J connectivity index is 1.52. The van der Waals surface area contributed by atoms with E-state index in [2.05, 4.69) is 14.9 Å². The Bertz CT molecular complexity index is 530. The molecular weight excluding hydrogens is 282 g/mol. The molecule has 0 spiro atoms. The van der Waals surface area contributed by atoms with Crippen molar-refractivity contribution in [1.82, 2.24) is 14.9 Å². The van der Waals surface area contributed by atoms with Gasteiger partial charge in [0.2, 0.25) is 0 Å². The van der Waals surface area contributed by atoms with Crippen LogP contribution in [0, 0.1) is 12.8 Å². The summed E-state index contributed by atoms with van der Waals surface area (Å²) in [6.45, 7) is 8.01. The first kappa shape index (κ1) is 15.6. The summed E-state index contributed by atoms with van der Waals surface area (Å²) in [7, 11) is 0. The fourth-order valence-corrected chi connectivity index (χ4v) is 3.36. The third-order valence-electron chi connectivity index (χ3n) is 4.48. The normalized spacial score (nSPS) is 22.6. The van der Waals surface area contributed by atoms with Gasteiger partial charge < -0.3 is 19.4 Å².